The number of aromatic nitrogens is 1. The van der Waals surface area contributed by atoms with Crippen LogP contribution in [0.15, 0.2) is 66.0 Å². The Morgan fingerprint density at radius 1 is 1.07 bits per heavy atom. The van der Waals surface area contributed by atoms with Gasteiger partial charge < -0.3 is 9.80 Å². The fourth-order valence-electron chi connectivity index (χ4n) is 3.53. The summed E-state index contributed by atoms with van der Waals surface area (Å²) in [4.78, 5) is 22.1. The molecule has 2 heterocycles. The number of benzene rings is 2. The van der Waals surface area contributed by atoms with Crippen LogP contribution < -0.4 is 0 Å². The van der Waals surface area contributed by atoms with Gasteiger partial charge in [0.2, 0.25) is 0 Å². The standard InChI is InChI=1S/C22H23N3OS/c1-24-12-13-25(20(15-24)18-10-6-3-7-11-18)22(26)19-16-27-21(23-19)14-17-8-4-2-5-9-17/h2-11,16,20H,12-15H2,1H3/t20-/m0/s1. The highest BCUT2D eigenvalue weighted by molar-refractivity contribution is 7.09. The van der Waals surface area contributed by atoms with Gasteiger partial charge in [-0.15, -0.1) is 11.3 Å². The summed E-state index contributed by atoms with van der Waals surface area (Å²) in [6.45, 7) is 2.45. The summed E-state index contributed by atoms with van der Waals surface area (Å²) in [5, 5.41) is 2.89. The molecule has 1 aliphatic rings. The van der Waals surface area contributed by atoms with E-state index in [1.807, 2.05) is 46.7 Å². The fourth-order valence-corrected chi connectivity index (χ4v) is 4.33. The van der Waals surface area contributed by atoms with Crippen LogP contribution in [0.2, 0.25) is 0 Å². The number of nitrogens with zero attached hydrogens (tertiary/aromatic N) is 3. The van der Waals surface area contributed by atoms with Gasteiger partial charge in [0.15, 0.2) is 0 Å². The van der Waals surface area contributed by atoms with E-state index >= 15 is 0 Å². The molecular formula is C22H23N3OS. The Morgan fingerprint density at radius 3 is 2.52 bits per heavy atom. The van der Waals surface area contributed by atoms with E-state index in [0.717, 1.165) is 31.1 Å². The zero-order chi connectivity index (χ0) is 18.6. The molecule has 0 spiro atoms. The van der Waals surface area contributed by atoms with E-state index in [4.69, 9.17) is 0 Å². The molecule has 1 amide bonds. The van der Waals surface area contributed by atoms with E-state index in [1.165, 1.54) is 11.1 Å². The van der Waals surface area contributed by atoms with Crippen molar-refractivity contribution in [2.75, 3.05) is 26.7 Å². The minimum absolute atomic E-state index is 0.0347. The van der Waals surface area contributed by atoms with Crippen LogP contribution in [0.25, 0.3) is 0 Å². The third kappa shape index (κ3) is 4.10. The first kappa shape index (κ1) is 17.9. The molecule has 0 N–H and O–H groups in total. The van der Waals surface area contributed by atoms with Crippen LogP contribution in [0.5, 0.6) is 0 Å². The second kappa shape index (κ2) is 8.03. The highest BCUT2D eigenvalue weighted by Crippen LogP contribution is 2.27. The van der Waals surface area contributed by atoms with Crippen molar-refractivity contribution in [1.82, 2.24) is 14.8 Å². The average molecular weight is 378 g/mol. The van der Waals surface area contributed by atoms with Gasteiger partial charge >= 0.3 is 0 Å². The molecule has 0 unspecified atom stereocenters. The van der Waals surface area contributed by atoms with Crippen molar-refractivity contribution in [2.45, 2.75) is 12.5 Å². The molecule has 4 rings (SSSR count). The molecule has 0 bridgehead atoms. The first-order valence-electron chi connectivity index (χ1n) is 9.23. The smallest absolute Gasteiger partial charge is 0.273 e. The van der Waals surface area contributed by atoms with Crippen molar-refractivity contribution in [3.63, 3.8) is 0 Å². The molecule has 0 aliphatic carbocycles. The number of carbonyl (C=O) groups excluding carboxylic acids is 1. The molecular weight excluding hydrogens is 354 g/mol. The minimum Gasteiger partial charge on any atom is -0.328 e. The molecule has 1 saturated heterocycles. The second-order valence-corrected chi connectivity index (χ2v) is 7.92. The van der Waals surface area contributed by atoms with Crippen LogP contribution in [0, 0.1) is 0 Å². The first-order chi connectivity index (χ1) is 13.2. The Hall–Kier alpha value is -2.50. The monoisotopic (exact) mass is 377 g/mol. The lowest BCUT2D eigenvalue weighted by Gasteiger charge is -2.40. The highest BCUT2D eigenvalue weighted by Gasteiger charge is 2.31. The maximum Gasteiger partial charge on any atom is 0.273 e. The number of piperazine rings is 1. The van der Waals surface area contributed by atoms with E-state index in [1.54, 1.807) is 11.3 Å². The van der Waals surface area contributed by atoms with E-state index < -0.39 is 0 Å². The lowest BCUT2D eigenvalue weighted by Crippen LogP contribution is -2.49. The van der Waals surface area contributed by atoms with Crippen molar-refractivity contribution in [3.8, 4) is 0 Å². The first-order valence-corrected chi connectivity index (χ1v) is 10.1. The fraction of sp³-hybridized carbons (Fsp3) is 0.273. The minimum atomic E-state index is 0.0347. The highest BCUT2D eigenvalue weighted by atomic mass is 32.1. The predicted molar refractivity (Wildman–Crippen MR) is 109 cm³/mol. The van der Waals surface area contributed by atoms with Crippen LogP contribution in [-0.4, -0.2) is 47.4 Å². The van der Waals surface area contributed by atoms with Crippen molar-refractivity contribution < 1.29 is 4.79 Å². The third-order valence-electron chi connectivity index (χ3n) is 5.00. The zero-order valence-electron chi connectivity index (χ0n) is 15.4. The summed E-state index contributed by atoms with van der Waals surface area (Å²) >= 11 is 1.57. The van der Waals surface area contributed by atoms with Gasteiger partial charge in [-0.2, -0.15) is 0 Å². The number of rotatable bonds is 4. The SMILES string of the molecule is CN1CCN(C(=O)c2csc(Cc3ccccc3)n2)[C@H](c2ccccc2)C1. The van der Waals surface area contributed by atoms with E-state index in [9.17, 15) is 4.79 Å². The normalized spacial score (nSPS) is 17.8. The van der Waals surface area contributed by atoms with Crippen LogP contribution in [-0.2, 0) is 6.42 Å². The molecule has 1 aromatic heterocycles. The van der Waals surface area contributed by atoms with Crippen LogP contribution in [0.3, 0.4) is 0 Å². The summed E-state index contributed by atoms with van der Waals surface area (Å²) < 4.78 is 0. The molecule has 1 fully saturated rings. The molecule has 0 saturated carbocycles. The Bertz CT molecular complexity index is 894. The van der Waals surface area contributed by atoms with Gasteiger partial charge in [0.05, 0.1) is 11.0 Å². The Labute approximate surface area is 164 Å². The number of likely N-dealkylation sites (N-methyl/N-ethyl adjacent to an activating group) is 1. The second-order valence-electron chi connectivity index (χ2n) is 6.98. The van der Waals surface area contributed by atoms with Gasteiger partial charge in [-0.05, 0) is 18.2 Å². The summed E-state index contributed by atoms with van der Waals surface area (Å²) in [6.07, 6.45) is 0.767. The van der Waals surface area contributed by atoms with E-state index in [-0.39, 0.29) is 11.9 Å². The largest absolute Gasteiger partial charge is 0.328 e. The summed E-state index contributed by atoms with van der Waals surface area (Å²) in [5.74, 6) is 0.0347. The van der Waals surface area contributed by atoms with E-state index in [0.29, 0.717) is 5.69 Å². The Balaban J connectivity index is 1.54. The van der Waals surface area contributed by atoms with Gasteiger partial charge in [0, 0.05) is 31.4 Å². The average Bonchev–Trinajstić information content (AvgIpc) is 3.17. The Morgan fingerprint density at radius 2 is 1.78 bits per heavy atom. The molecule has 1 atom stereocenters. The quantitative estimate of drug-likeness (QED) is 0.693. The summed E-state index contributed by atoms with van der Waals surface area (Å²) in [7, 11) is 2.11. The summed E-state index contributed by atoms with van der Waals surface area (Å²) in [5.41, 5.74) is 2.96. The van der Waals surface area contributed by atoms with Crippen molar-refractivity contribution in [3.05, 3.63) is 87.9 Å². The zero-order valence-corrected chi connectivity index (χ0v) is 16.2. The van der Waals surface area contributed by atoms with E-state index in [2.05, 4.69) is 41.2 Å². The van der Waals surface area contributed by atoms with Gasteiger partial charge in [-0.25, -0.2) is 4.98 Å². The predicted octanol–water partition coefficient (Wildman–Crippen LogP) is 3.86. The van der Waals surface area contributed by atoms with Crippen LogP contribution in [0.1, 0.15) is 32.7 Å². The number of hydrogen-bond donors (Lipinski definition) is 0. The molecule has 3 aromatic rings. The van der Waals surface area contributed by atoms with Gasteiger partial charge in [-0.1, -0.05) is 60.7 Å². The third-order valence-corrected chi connectivity index (χ3v) is 5.85. The van der Waals surface area contributed by atoms with Gasteiger partial charge in [0.1, 0.15) is 5.69 Å². The molecule has 0 radical (unpaired) electrons. The molecule has 5 heteroatoms. The van der Waals surface area contributed by atoms with Crippen LogP contribution >= 0.6 is 11.3 Å². The molecule has 27 heavy (non-hydrogen) atoms. The lowest BCUT2D eigenvalue weighted by atomic mass is 10.0. The maximum atomic E-state index is 13.2. The molecule has 4 nitrogen and oxygen atoms in total. The van der Waals surface area contributed by atoms with Gasteiger partial charge in [0.25, 0.3) is 5.91 Å². The number of hydrogen-bond acceptors (Lipinski definition) is 4. The van der Waals surface area contributed by atoms with Crippen molar-refractivity contribution in [2.24, 2.45) is 0 Å². The van der Waals surface area contributed by atoms with Crippen LogP contribution in [0.4, 0.5) is 0 Å². The molecule has 138 valence electrons. The summed E-state index contributed by atoms with van der Waals surface area (Å²) in [6, 6.07) is 20.6. The number of carbonyl (C=O) groups is 1. The number of thiazole rings is 1. The molecule has 1 aliphatic heterocycles. The molecule has 2 aromatic carbocycles. The van der Waals surface area contributed by atoms with Crippen molar-refractivity contribution in [1.29, 1.82) is 0 Å². The van der Waals surface area contributed by atoms with Gasteiger partial charge in [-0.3, -0.25) is 4.79 Å². The van der Waals surface area contributed by atoms with Crippen molar-refractivity contribution >= 4 is 17.2 Å². The number of amides is 1. The topological polar surface area (TPSA) is 36.4 Å². The maximum absolute atomic E-state index is 13.2. The lowest BCUT2D eigenvalue weighted by molar-refractivity contribution is 0.0493. The Kier molecular flexibility index (Phi) is 5.32.